The Balaban J connectivity index is 0.000000205. The van der Waals surface area contributed by atoms with E-state index in [1.807, 2.05) is 295 Å². The van der Waals surface area contributed by atoms with E-state index in [4.69, 9.17) is 10.8 Å². The van der Waals surface area contributed by atoms with Crippen molar-refractivity contribution in [1.82, 2.24) is 5.32 Å². The van der Waals surface area contributed by atoms with Crippen molar-refractivity contribution in [3.63, 3.8) is 0 Å². The van der Waals surface area contributed by atoms with E-state index in [1.54, 1.807) is 129 Å². The van der Waals surface area contributed by atoms with Gasteiger partial charge in [-0.1, -0.05) is 391 Å². The van der Waals surface area contributed by atoms with Gasteiger partial charge in [-0.05, 0) is 122 Å². The van der Waals surface area contributed by atoms with E-state index >= 15 is 0 Å². The van der Waals surface area contributed by atoms with Gasteiger partial charge < -0.3 is 21.3 Å². The number of benzene rings is 14. The monoisotopic (exact) mass is 1770 g/mol. The molecule has 14 nitrogen and oxygen atoms in total. The minimum atomic E-state index is -0.899. The number of aliphatic hydroxyl groups is 1. The van der Waals surface area contributed by atoms with E-state index in [1.165, 1.54) is 12.5 Å². The number of hydrogen-bond acceptors (Lipinski definition) is 12. The molecule has 15 heteroatoms. The van der Waals surface area contributed by atoms with Crippen LogP contribution in [0.5, 0.6) is 0 Å². The van der Waals surface area contributed by atoms with Gasteiger partial charge in [-0.15, -0.1) is 0 Å². The van der Waals surface area contributed by atoms with Gasteiger partial charge in [0.15, 0.2) is 40.5 Å². The smallest absolute Gasteiger partial charge is 0.310 e. The predicted molar refractivity (Wildman–Crippen MR) is 518 cm³/mol. The van der Waals surface area contributed by atoms with Gasteiger partial charge in [-0.3, -0.25) is 47.9 Å². The molecule has 14 aromatic rings. The Kier molecular flexibility index (Phi) is 40.9. The molecular weight excluding hydrogens is 1660 g/mol. The lowest BCUT2D eigenvalue weighted by atomic mass is 9.92. The average Bonchev–Trinajstić information content (AvgIpc) is 0.803. The SMILES string of the molecule is C.CC(=O)N[C@@H](C)c1cccc(C(=O)c2ccccc2)c1.CC(C)c1cccc(C(=O)c2ccccc2)c1.CCC(=O)[C@@H](C)c1cccc(C(=O)c2ccccc2)c1.C[C@H](Br)c1cccc(C(=O)c2ccccc2)c1.C[C@H](C(=O)O)c1cccc(C(=O)c2ccccc2)c1.C[C@H](N)c1cccc(C(=O)c2ccccc2)c1.C[C@H](O)c1cccc(C(=O)c2ccccc2)c1. The first-order valence-corrected chi connectivity index (χ1v) is 42.9. The highest BCUT2D eigenvalue weighted by molar-refractivity contribution is 9.09. The van der Waals surface area contributed by atoms with Crippen LogP contribution in [0.2, 0.25) is 0 Å². The van der Waals surface area contributed by atoms with Crippen LogP contribution in [0.4, 0.5) is 0 Å². The summed E-state index contributed by atoms with van der Waals surface area (Å²) in [5.74, 6) is -1.08. The number of hydrogen-bond donors (Lipinski definition) is 4. The molecule has 0 aliphatic heterocycles. The van der Waals surface area contributed by atoms with Crippen LogP contribution in [0, 0.1) is 0 Å². The molecule has 0 aliphatic carbocycles. The molecule has 0 unspecified atom stereocenters. The third-order valence-corrected chi connectivity index (χ3v) is 21.1. The number of nitrogens with two attached hydrogens (primary N) is 1. The highest BCUT2D eigenvalue weighted by Crippen LogP contribution is 2.27. The molecule has 5 N–H and O–H groups in total. The normalized spacial score (nSPS) is 11.7. The zero-order chi connectivity index (χ0) is 91.9. The lowest BCUT2D eigenvalue weighted by Crippen LogP contribution is -2.23. The zero-order valence-electron chi connectivity index (χ0n) is 73.1. The third-order valence-electron chi connectivity index (χ3n) is 20.5. The van der Waals surface area contributed by atoms with Crippen LogP contribution >= 0.6 is 15.9 Å². The molecule has 0 aliphatic rings. The maximum absolute atomic E-state index is 12.4. The summed E-state index contributed by atoms with van der Waals surface area (Å²) >= 11 is 3.51. The number of nitrogens with one attached hydrogen (secondary N) is 1. The number of aliphatic carboxylic acids is 1. The number of alkyl halides is 1. The molecule has 6 atom stereocenters. The van der Waals surface area contributed by atoms with Gasteiger partial charge in [0.2, 0.25) is 5.91 Å². The lowest BCUT2D eigenvalue weighted by molar-refractivity contribution is -0.138. The second-order valence-corrected chi connectivity index (χ2v) is 31.9. The van der Waals surface area contributed by atoms with E-state index in [-0.39, 0.29) is 82.4 Å². The summed E-state index contributed by atoms with van der Waals surface area (Å²) in [5.41, 5.74) is 21.6. The Hall–Kier alpha value is -14.2. The van der Waals surface area contributed by atoms with Gasteiger partial charge in [0.05, 0.1) is 18.1 Å². The van der Waals surface area contributed by atoms with Crippen molar-refractivity contribution in [2.24, 2.45) is 5.73 Å². The third kappa shape index (κ3) is 31.2. The summed E-state index contributed by atoms with van der Waals surface area (Å²) in [5, 5.41) is 21.3. The standard InChI is InChI=1S/C18H18O2.C17H17NO2.C16H14O3.C16H16O.C15H13BrO.C15H15NO.C15H14O2.CH4/c1-3-17(19)13(2)15-10-7-11-16(12-15)18(20)14-8-5-4-6-9-14;1-12(18-13(2)19)15-9-6-10-16(11-15)17(20)14-7-4-3-5-8-14;1-11(16(18)19)13-8-5-9-14(10-13)15(17)12-6-3-2-4-7-12;1-12(2)14-9-6-10-15(11-14)16(17)13-7-4-3-5-8-13;3*1-11(16)13-8-5-9-14(10-13)15(17)12-6-3-2-4-7-12;/h4-13H,3H2,1-2H3;3-12H,1-2H3,(H,18,19);2-11H,1H3,(H,18,19);3-12H,1-2H3;2-11H,1H3;2-11H,16H2,1H3;2-11,16H,1H3;1H4/t13-;12-;11-;;3*11-;/m000.000./s1. The van der Waals surface area contributed by atoms with E-state index in [0.717, 1.165) is 50.1 Å². The molecule has 652 valence electrons. The van der Waals surface area contributed by atoms with Gasteiger partial charge in [0.25, 0.3) is 0 Å². The number of carboxylic acid groups (broad SMARTS) is 1. The number of Topliss-reactive ketones (excluding diaryl/α,β-unsaturated/α-hetero) is 1. The quantitative estimate of drug-likeness (QED) is 0.0307. The highest BCUT2D eigenvalue weighted by atomic mass is 79.9. The number of amides is 1. The lowest BCUT2D eigenvalue weighted by Gasteiger charge is -2.13. The van der Waals surface area contributed by atoms with E-state index < -0.39 is 18.0 Å². The minimum Gasteiger partial charge on any atom is -0.481 e. The Bertz CT molecular complexity index is 5570. The number of rotatable bonds is 25. The molecule has 1 amide bonds. The van der Waals surface area contributed by atoms with Gasteiger partial charge in [0, 0.05) is 108 Å². The maximum atomic E-state index is 12.4. The van der Waals surface area contributed by atoms with Gasteiger partial charge in [-0.2, -0.15) is 0 Å². The van der Waals surface area contributed by atoms with Crippen LogP contribution in [0.1, 0.15) is 274 Å². The van der Waals surface area contributed by atoms with Crippen molar-refractivity contribution >= 4 is 74.1 Å². The van der Waals surface area contributed by atoms with E-state index in [0.29, 0.717) is 73.5 Å². The Labute approximate surface area is 761 Å². The summed E-state index contributed by atoms with van der Waals surface area (Å²) in [6, 6.07) is 116. The fourth-order valence-corrected chi connectivity index (χ4v) is 13.3. The molecular formula is C113H111BrN2O12. The second kappa shape index (κ2) is 51.9. The summed E-state index contributed by atoms with van der Waals surface area (Å²) in [4.78, 5) is 120. The summed E-state index contributed by atoms with van der Waals surface area (Å²) in [6.07, 6.45) is -0.0450. The minimum absolute atomic E-state index is 0. The number of halogens is 1. The number of aliphatic hydroxyl groups excluding tert-OH is 1. The number of carbonyl (C=O) groups is 10. The molecule has 0 saturated carbocycles. The van der Waals surface area contributed by atoms with Crippen molar-refractivity contribution in [2.45, 2.75) is 124 Å². The highest BCUT2D eigenvalue weighted by Gasteiger charge is 2.21. The van der Waals surface area contributed by atoms with Crippen LogP contribution < -0.4 is 11.1 Å². The van der Waals surface area contributed by atoms with Crippen LogP contribution in [0.3, 0.4) is 0 Å². The molecule has 0 heterocycles. The summed E-state index contributed by atoms with van der Waals surface area (Å²) in [6.45, 7) is 18.6. The van der Waals surface area contributed by atoms with Crippen LogP contribution in [0.25, 0.3) is 0 Å². The molecule has 0 spiro atoms. The van der Waals surface area contributed by atoms with Crippen LogP contribution in [0.15, 0.2) is 382 Å². The average molecular weight is 1770 g/mol. The first kappa shape index (κ1) is 101. The molecule has 0 saturated heterocycles. The topological polar surface area (TPSA) is 249 Å². The first-order valence-electron chi connectivity index (χ1n) is 42.0. The van der Waals surface area contributed by atoms with E-state index in [9.17, 15) is 53.1 Å². The molecule has 0 radical (unpaired) electrons. The van der Waals surface area contributed by atoms with Crippen molar-refractivity contribution in [1.29, 1.82) is 0 Å². The van der Waals surface area contributed by atoms with Crippen LogP contribution in [-0.4, -0.2) is 68.4 Å². The zero-order valence-corrected chi connectivity index (χ0v) is 74.6. The fraction of sp³-hybridized carbons (Fsp3) is 0.168. The molecule has 14 aromatic carbocycles. The summed E-state index contributed by atoms with van der Waals surface area (Å²) < 4.78 is 0. The molecule has 0 bridgehead atoms. The van der Waals surface area contributed by atoms with Crippen molar-refractivity contribution in [2.75, 3.05) is 0 Å². The predicted octanol–water partition coefficient (Wildman–Crippen LogP) is 25.2. The van der Waals surface area contributed by atoms with Crippen molar-refractivity contribution < 1.29 is 58.2 Å². The fourth-order valence-electron chi connectivity index (χ4n) is 13.0. The molecule has 128 heavy (non-hydrogen) atoms. The van der Waals surface area contributed by atoms with Crippen molar-refractivity contribution in [3.8, 4) is 0 Å². The molecule has 0 aromatic heterocycles. The Morgan fingerprint density at radius 2 is 0.500 bits per heavy atom. The largest absolute Gasteiger partial charge is 0.481 e. The number of carboxylic acids is 1. The number of ketones is 8. The van der Waals surface area contributed by atoms with Crippen LogP contribution in [-0.2, 0) is 14.4 Å². The van der Waals surface area contributed by atoms with Gasteiger partial charge >= 0.3 is 5.97 Å². The second-order valence-electron chi connectivity index (χ2n) is 30.5. The Morgan fingerprint density at radius 3 is 0.750 bits per heavy atom. The van der Waals surface area contributed by atoms with Crippen molar-refractivity contribution in [3.05, 3.63) is 499 Å². The van der Waals surface area contributed by atoms with E-state index in [2.05, 4.69) is 41.2 Å². The Morgan fingerprint density at radius 1 is 0.289 bits per heavy atom. The molecule has 14 rings (SSSR count). The summed E-state index contributed by atoms with van der Waals surface area (Å²) in [7, 11) is 0. The first-order chi connectivity index (χ1) is 61.0. The van der Waals surface area contributed by atoms with Gasteiger partial charge in [0.1, 0.15) is 5.78 Å². The maximum Gasteiger partial charge on any atom is 0.310 e. The number of carbonyl (C=O) groups excluding carboxylic acids is 9. The van der Waals surface area contributed by atoms with Gasteiger partial charge in [-0.25, -0.2) is 0 Å². The molecule has 0 fully saturated rings.